The predicted molar refractivity (Wildman–Crippen MR) is 147 cm³/mol. The number of halogens is 3. The van der Waals surface area contributed by atoms with E-state index in [1.54, 1.807) is 12.1 Å². The van der Waals surface area contributed by atoms with Crippen LogP contribution in [0.15, 0.2) is 53.5 Å². The number of hydrogen-bond acceptors (Lipinski definition) is 5. The van der Waals surface area contributed by atoms with Gasteiger partial charge in [-0.05, 0) is 85.9 Å². The summed E-state index contributed by atoms with van der Waals surface area (Å²) in [6.07, 6.45) is -0.799. The van der Waals surface area contributed by atoms with Crippen molar-refractivity contribution in [2.45, 2.75) is 77.9 Å². The molecule has 1 saturated heterocycles. The Bertz CT molecular complexity index is 1250. The van der Waals surface area contributed by atoms with Crippen LogP contribution < -0.4 is 10.1 Å². The van der Waals surface area contributed by atoms with Crippen molar-refractivity contribution in [3.8, 4) is 5.75 Å². The molecule has 0 aromatic heterocycles. The van der Waals surface area contributed by atoms with Crippen LogP contribution in [0, 0.1) is 11.3 Å². The number of aliphatic carboxylic acids is 1. The highest BCUT2D eigenvalue weighted by atomic mass is 19.4. The molecule has 1 saturated carbocycles. The molecule has 0 radical (unpaired) electrons. The van der Waals surface area contributed by atoms with Crippen molar-refractivity contribution >= 4 is 23.6 Å². The van der Waals surface area contributed by atoms with E-state index in [1.807, 2.05) is 12.1 Å². The van der Waals surface area contributed by atoms with Gasteiger partial charge in [0.15, 0.2) is 0 Å². The molecule has 1 aliphatic heterocycles. The molecule has 8 nitrogen and oxygen atoms in total. The van der Waals surface area contributed by atoms with Crippen molar-refractivity contribution in [2.75, 3.05) is 6.61 Å². The second-order valence-corrected chi connectivity index (χ2v) is 11.7. The third kappa shape index (κ3) is 7.71. The number of hydrogen-bond donors (Lipinski definition) is 2. The topological polar surface area (TPSA) is 100 Å². The zero-order valence-corrected chi connectivity index (χ0v) is 23.6. The van der Waals surface area contributed by atoms with Crippen molar-refractivity contribution in [2.24, 2.45) is 16.3 Å². The molecule has 2 aromatic carbocycles. The lowest BCUT2D eigenvalue weighted by Gasteiger charge is -2.41. The standard InChI is InChI=1S/C30H36F3N3O5/c1-18(27(38)39)34-26(37)20-7-5-19(6-8-20)25-17-40-28(35-22-11-15-24(16-12-22)41-30(31,32)33)36(25)23-13-9-21(10-14-23)29(2,3)4/h5-8,11-12,15-16,18,21,23,25H,9-10,13-14,17H2,1-4H3,(H,34,37)(H,38,39)/t18-,21?,23?,25?/m0/s1. The van der Waals surface area contributed by atoms with Crippen molar-refractivity contribution in [1.29, 1.82) is 0 Å². The first-order valence-electron chi connectivity index (χ1n) is 13.7. The van der Waals surface area contributed by atoms with Gasteiger partial charge in [-0.1, -0.05) is 32.9 Å². The van der Waals surface area contributed by atoms with Gasteiger partial charge in [0.1, 0.15) is 18.4 Å². The van der Waals surface area contributed by atoms with Crippen LogP contribution >= 0.6 is 0 Å². The van der Waals surface area contributed by atoms with Crippen molar-refractivity contribution in [3.05, 3.63) is 59.7 Å². The van der Waals surface area contributed by atoms with Crippen LogP contribution in [0.5, 0.6) is 5.75 Å². The van der Waals surface area contributed by atoms with E-state index in [2.05, 4.69) is 40.7 Å². The normalized spacial score (nSPS) is 23.1. The summed E-state index contributed by atoms with van der Waals surface area (Å²) < 4.78 is 47.7. The molecule has 41 heavy (non-hydrogen) atoms. The van der Waals surface area contributed by atoms with E-state index in [1.165, 1.54) is 31.2 Å². The molecule has 0 spiro atoms. The lowest BCUT2D eigenvalue weighted by atomic mass is 9.71. The molecule has 1 unspecified atom stereocenters. The Labute approximate surface area is 237 Å². The fourth-order valence-corrected chi connectivity index (χ4v) is 5.45. The number of carbonyl (C=O) groups is 2. The number of nitrogens with zero attached hydrogens (tertiary/aromatic N) is 2. The summed E-state index contributed by atoms with van der Waals surface area (Å²) in [7, 11) is 0. The summed E-state index contributed by atoms with van der Waals surface area (Å²) in [5, 5.41) is 11.5. The molecule has 2 N–H and O–H groups in total. The van der Waals surface area contributed by atoms with Gasteiger partial charge in [-0.25, -0.2) is 0 Å². The molecule has 2 aliphatic rings. The number of carboxylic acid groups (broad SMARTS) is 1. The smallest absolute Gasteiger partial charge is 0.480 e. The summed E-state index contributed by atoms with van der Waals surface area (Å²) >= 11 is 0. The monoisotopic (exact) mass is 575 g/mol. The molecule has 2 aromatic rings. The van der Waals surface area contributed by atoms with Gasteiger partial charge in [0, 0.05) is 11.6 Å². The summed E-state index contributed by atoms with van der Waals surface area (Å²) in [6.45, 7) is 8.48. The second kappa shape index (κ2) is 12.0. The van der Waals surface area contributed by atoms with Crippen molar-refractivity contribution < 1.29 is 37.3 Å². The van der Waals surface area contributed by atoms with Crippen LogP contribution in [0.2, 0.25) is 0 Å². The zero-order valence-electron chi connectivity index (χ0n) is 23.6. The number of carboxylic acids is 1. The molecule has 11 heteroatoms. The minimum atomic E-state index is -4.78. The summed E-state index contributed by atoms with van der Waals surface area (Å²) in [5.41, 5.74) is 1.89. The Morgan fingerprint density at radius 1 is 1.02 bits per heavy atom. The van der Waals surface area contributed by atoms with Gasteiger partial charge in [0.2, 0.25) is 0 Å². The minimum Gasteiger partial charge on any atom is -0.480 e. The van der Waals surface area contributed by atoms with Gasteiger partial charge >= 0.3 is 12.3 Å². The van der Waals surface area contributed by atoms with E-state index in [0.717, 1.165) is 31.2 Å². The number of rotatable bonds is 7. The van der Waals surface area contributed by atoms with Crippen LogP contribution in [-0.4, -0.2) is 53.0 Å². The van der Waals surface area contributed by atoms with E-state index in [0.29, 0.717) is 29.8 Å². The Morgan fingerprint density at radius 2 is 1.63 bits per heavy atom. The van der Waals surface area contributed by atoms with Crippen molar-refractivity contribution in [3.63, 3.8) is 0 Å². The lowest BCUT2D eigenvalue weighted by molar-refractivity contribution is -0.274. The van der Waals surface area contributed by atoms with Crippen molar-refractivity contribution in [1.82, 2.24) is 10.2 Å². The van der Waals surface area contributed by atoms with Crippen LogP contribution in [0.3, 0.4) is 0 Å². The number of carbonyl (C=O) groups excluding carboxylic acids is 1. The molecular formula is C30H36F3N3O5. The molecule has 4 rings (SSSR count). The van der Waals surface area contributed by atoms with E-state index in [9.17, 15) is 22.8 Å². The molecule has 1 amide bonds. The number of amides is 1. The maximum absolute atomic E-state index is 12.6. The van der Waals surface area contributed by atoms with E-state index >= 15 is 0 Å². The number of benzene rings is 2. The lowest BCUT2D eigenvalue weighted by Crippen LogP contribution is -2.42. The highest BCUT2D eigenvalue weighted by Gasteiger charge is 2.41. The first kappa shape index (κ1) is 30.2. The quantitative estimate of drug-likeness (QED) is 0.393. The van der Waals surface area contributed by atoms with Crippen LogP contribution in [-0.2, 0) is 9.53 Å². The Kier molecular flexibility index (Phi) is 8.84. The average molecular weight is 576 g/mol. The SMILES string of the molecule is C[C@H](NC(=O)c1ccc(C2COC(=Nc3ccc(OC(F)(F)F)cc3)N2C2CCC(C(C)(C)C)CC2)cc1)C(=O)O. The molecule has 1 heterocycles. The largest absolute Gasteiger partial charge is 0.573 e. The van der Waals surface area contributed by atoms with Gasteiger partial charge in [-0.15, -0.1) is 13.2 Å². The molecule has 2 atom stereocenters. The van der Waals surface area contributed by atoms with E-state index < -0.39 is 24.3 Å². The first-order chi connectivity index (χ1) is 19.2. The number of alkyl halides is 3. The average Bonchev–Trinajstić information content (AvgIpc) is 3.32. The van der Waals surface area contributed by atoms with Gasteiger partial charge in [0.05, 0.1) is 11.7 Å². The van der Waals surface area contributed by atoms with Gasteiger partial charge in [-0.2, -0.15) is 4.99 Å². The fourth-order valence-electron chi connectivity index (χ4n) is 5.45. The van der Waals surface area contributed by atoms with E-state index in [-0.39, 0.29) is 23.2 Å². The summed E-state index contributed by atoms with van der Waals surface area (Å²) in [5.74, 6) is -1.34. The maximum atomic E-state index is 12.6. The van der Waals surface area contributed by atoms with Gasteiger partial charge < -0.3 is 24.8 Å². The molecule has 222 valence electrons. The highest BCUT2D eigenvalue weighted by Crippen LogP contribution is 2.42. The van der Waals surface area contributed by atoms with E-state index in [4.69, 9.17) is 9.84 Å². The Balaban J connectivity index is 1.58. The minimum absolute atomic E-state index is 0.145. The number of amidine groups is 1. The molecule has 0 bridgehead atoms. The fraction of sp³-hybridized carbons (Fsp3) is 0.500. The number of nitrogens with one attached hydrogen (secondary N) is 1. The van der Waals surface area contributed by atoms with Crippen LogP contribution in [0.1, 0.15) is 75.3 Å². The number of ether oxygens (including phenoxy) is 2. The molecule has 2 fully saturated rings. The van der Waals surface area contributed by atoms with Crippen LogP contribution in [0.4, 0.5) is 18.9 Å². The third-order valence-corrected chi connectivity index (χ3v) is 7.81. The third-order valence-electron chi connectivity index (χ3n) is 7.81. The predicted octanol–water partition coefficient (Wildman–Crippen LogP) is 6.45. The Morgan fingerprint density at radius 3 is 2.17 bits per heavy atom. The van der Waals surface area contributed by atoms with Gasteiger partial charge in [0.25, 0.3) is 11.9 Å². The summed E-state index contributed by atoms with van der Waals surface area (Å²) in [4.78, 5) is 30.4. The maximum Gasteiger partial charge on any atom is 0.573 e. The number of aliphatic imine (C=N–C) groups is 1. The highest BCUT2D eigenvalue weighted by molar-refractivity contribution is 5.96. The Hall–Kier alpha value is -3.76. The van der Waals surface area contributed by atoms with Gasteiger partial charge in [-0.3, -0.25) is 9.59 Å². The summed E-state index contributed by atoms with van der Waals surface area (Å²) in [6, 6.07) is 11.6. The van der Waals surface area contributed by atoms with Crippen LogP contribution in [0.25, 0.3) is 0 Å². The second-order valence-electron chi connectivity index (χ2n) is 11.7. The molecular weight excluding hydrogens is 539 g/mol. The molecule has 1 aliphatic carbocycles. The first-order valence-corrected chi connectivity index (χ1v) is 13.7. The zero-order chi connectivity index (χ0) is 29.9.